The van der Waals surface area contributed by atoms with Crippen molar-refractivity contribution in [2.45, 2.75) is 19.9 Å². The van der Waals surface area contributed by atoms with Crippen LogP contribution in [0, 0.1) is 6.92 Å². The smallest absolute Gasteiger partial charge is 0.246 e. The molecule has 0 radical (unpaired) electrons. The molecule has 8 heteroatoms. The number of carbonyl (C=O) groups is 2. The molecule has 1 atom stereocenters. The monoisotopic (exact) mass is 320 g/mol. The number of anilines is 2. The van der Waals surface area contributed by atoms with Crippen LogP contribution in [0.1, 0.15) is 12.7 Å². The molecule has 3 N–H and O–H groups in total. The predicted molar refractivity (Wildman–Crippen MR) is 89.9 cm³/mol. The Bertz CT molecular complexity index is 569. The first-order valence-electron chi connectivity index (χ1n) is 7.25. The highest BCUT2D eigenvalue weighted by Gasteiger charge is 2.20. The number of nitrogens with two attached hydrogens (primary N) is 1. The van der Waals surface area contributed by atoms with E-state index in [0.29, 0.717) is 30.5 Å². The second-order valence-corrected chi connectivity index (χ2v) is 5.24. The first-order valence-corrected chi connectivity index (χ1v) is 7.25. The van der Waals surface area contributed by atoms with Gasteiger partial charge >= 0.3 is 0 Å². The normalized spacial score (nSPS) is 11.5. The Morgan fingerprint density at radius 2 is 2.09 bits per heavy atom. The molecule has 0 spiro atoms. The second kappa shape index (κ2) is 8.11. The average molecular weight is 320 g/mol. The SMILES string of the molecule is C=CC(=O)N(C)C(C)C(=O)NCCN(C)c1cc(N)nc(C)n1. The van der Waals surface area contributed by atoms with Gasteiger partial charge in [-0.1, -0.05) is 6.58 Å². The predicted octanol–water partition coefficient (Wildman–Crippen LogP) is -0.0475. The van der Waals surface area contributed by atoms with Gasteiger partial charge in [0, 0.05) is 33.3 Å². The summed E-state index contributed by atoms with van der Waals surface area (Å²) in [5.41, 5.74) is 5.70. The number of hydrogen-bond acceptors (Lipinski definition) is 6. The third-order valence-corrected chi connectivity index (χ3v) is 3.46. The number of aromatic nitrogens is 2. The number of carbonyl (C=O) groups excluding carboxylic acids is 2. The summed E-state index contributed by atoms with van der Waals surface area (Å²) < 4.78 is 0. The van der Waals surface area contributed by atoms with Gasteiger partial charge in [-0.2, -0.15) is 0 Å². The minimum absolute atomic E-state index is 0.227. The van der Waals surface area contributed by atoms with E-state index in [1.54, 1.807) is 27.0 Å². The van der Waals surface area contributed by atoms with Crippen molar-refractivity contribution in [3.05, 3.63) is 24.5 Å². The van der Waals surface area contributed by atoms with E-state index in [1.165, 1.54) is 11.0 Å². The lowest BCUT2D eigenvalue weighted by Crippen LogP contribution is -2.46. The lowest BCUT2D eigenvalue weighted by Gasteiger charge is -2.24. The first-order chi connectivity index (χ1) is 10.8. The van der Waals surface area contributed by atoms with E-state index in [-0.39, 0.29) is 11.8 Å². The van der Waals surface area contributed by atoms with Crippen molar-refractivity contribution >= 4 is 23.5 Å². The van der Waals surface area contributed by atoms with E-state index in [2.05, 4.69) is 21.9 Å². The first kappa shape index (κ1) is 18.4. The Morgan fingerprint density at radius 3 is 2.65 bits per heavy atom. The van der Waals surface area contributed by atoms with E-state index < -0.39 is 6.04 Å². The van der Waals surface area contributed by atoms with E-state index in [4.69, 9.17) is 5.73 Å². The van der Waals surface area contributed by atoms with Gasteiger partial charge in [0.2, 0.25) is 11.8 Å². The molecule has 1 aromatic rings. The van der Waals surface area contributed by atoms with Gasteiger partial charge in [0.1, 0.15) is 23.5 Å². The highest BCUT2D eigenvalue weighted by Crippen LogP contribution is 2.11. The molecule has 8 nitrogen and oxygen atoms in total. The van der Waals surface area contributed by atoms with E-state index >= 15 is 0 Å². The lowest BCUT2D eigenvalue weighted by molar-refractivity contribution is -0.135. The summed E-state index contributed by atoms with van der Waals surface area (Å²) in [6, 6.07) is 1.11. The molecule has 0 bridgehead atoms. The highest BCUT2D eigenvalue weighted by atomic mass is 16.2. The molecular weight excluding hydrogens is 296 g/mol. The fraction of sp³-hybridized carbons (Fsp3) is 0.467. The number of nitrogens with one attached hydrogen (secondary N) is 1. The number of nitrogens with zero attached hydrogens (tertiary/aromatic N) is 4. The summed E-state index contributed by atoms with van der Waals surface area (Å²) in [5.74, 6) is 1.16. The van der Waals surface area contributed by atoms with Crippen LogP contribution < -0.4 is 16.0 Å². The molecule has 0 aliphatic carbocycles. The maximum atomic E-state index is 12.0. The number of amides is 2. The van der Waals surface area contributed by atoms with Crippen LogP contribution in [0.5, 0.6) is 0 Å². The van der Waals surface area contributed by atoms with Crippen LogP contribution in [0.4, 0.5) is 11.6 Å². The maximum Gasteiger partial charge on any atom is 0.246 e. The molecule has 126 valence electrons. The number of aryl methyl sites for hydroxylation is 1. The molecule has 0 aliphatic heterocycles. The molecule has 0 aliphatic rings. The van der Waals surface area contributed by atoms with Crippen molar-refractivity contribution in [1.29, 1.82) is 0 Å². The molecule has 1 heterocycles. The Morgan fingerprint density at radius 1 is 1.43 bits per heavy atom. The zero-order chi connectivity index (χ0) is 17.6. The molecule has 0 saturated heterocycles. The van der Waals surface area contributed by atoms with Crippen molar-refractivity contribution < 1.29 is 9.59 Å². The lowest BCUT2D eigenvalue weighted by atomic mass is 10.2. The number of rotatable bonds is 7. The summed E-state index contributed by atoms with van der Waals surface area (Å²) in [6.07, 6.45) is 1.18. The van der Waals surface area contributed by atoms with Crippen molar-refractivity contribution in [2.75, 3.05) is 37.8 Å². The van der Waals surface area contributed by atoms with Crippen molar-refractivity contribution in [3.8, 4) is 0 Å². The summed E-state index contributed by atoms with van der Waals surface area (Å²) in [4.78, 5) is 35.0. The zero-order valence-electron chi connectivity index (χ0n) is 14.0. The van der Waals surface area contributed by atoms with Crippen LogP contribution in [-0.4, -0.2) is 59.9 Å². The third kappa shape index (κ3) is 5.24. The molecular formula is C15H24N6O2. The topological polar surface area (TPSA) is 104 Å². The Hall–Kier alpha value is -2.64. The van der Waals surface area contributed by atoms with Crippen LogP contribution in [0.25, 0.3) is 0 Å². The summed E-state index contributed by atoms with van der Waals surface area (Å²) in [5, 5.41) is 2.79. The van der Waals surface area contributed by atoms with Gasteiger partial charge in [0.15, 0.2) is 0 Å². The maximum absolute atomic E-state index is 12.0. The zero-order valence-corrected chi connectivity index (χ0v) is 14.0. The van der Waals surface area contributed by atoms with Gasteiger partial charge in [0.05, 0.1) is 0 Å². The molecule has 1 unspecified atom stereocenters. The number of nitrogen functional groups attached to an aromatic ring is 1. The minimum atomic E-state index is -0.567. The summed E-state index contributed by atoms with van der Waals surface area (Å²) >= 11 is 0. The van der Waals surface area contributed by atoms with E-state index in [0.717, 1.165) is 0 Å². The van der Waals surface area contributed by atoms with Crippen molar-refractivity contribution in [2.24, 2.45) is 0 Å². The van der Waals surface area contributed by atoms with Gasteiger partial charge in [-0.15, -0.1) is 0 Å². The number of hydrogen-bond donors (Lipinski definition) is 2. The average Bonchev–Trinajstić information content (AvgIpc) is 2.51. The molecule has 0 aromatic carbocycles. The molecule has 2 amide bonds. The molecule has 0 saturated carbocycles. The molecule has 0 fully saturated rings. The molecule has 1 aromatic heterocycles. The Balaban J connectivity index is 2.51. The Labute approximate surface area is 136 Å². The van der Waals surface area contributed by atoms with Crippen LogP contribution in [0.2, 0.25) is 0 Å². The van der Waals surface area contributed by atoms with Gasteiger partial charge < -0.3 is 20.9 Å². The standard InChI is InChI=1S/C15H24N6O2/c1-6-14(22)21(5)10(2)15(23)17-7-8-20(4)13-9-12(16)18-11(3)19-13/h6,9-10H,1,7-8H2,2-5H3,(H,17,23)(H2,16,18,19). The fourth-order valence-corrected chi connectivity index (χ4v) is 1.89. The van der Waals surface area contributed by atoms with Crippen LogP contribution in [-0.2, 0) is 9.59 Å². The largest absolute Gasteiger partial charge is 0.384 e. The van der Waals surface area contributed by atoms with Crippen molar-refractivity contribution in [3.63, 3.8) is 0 Å². The van der Waals surface area contributed by atoms with Gasteiger partial charge in [-0.25, -0.2) is 9.97 Å². The quantitative estimate of drug-likeness (QED) is 0.683. The third-order valence-electron chi connectivity index (χ3n) is 3.46. The highest BCUT2D eigenvalue weighted by molar-refractivity contribution is 5.92. The number of likely N-dealkylation sites (N-methyl/N-ethyl adjacent to an activating group) is 2. The fourth-order valence-electron chi connectivity index (χ4n) is 1.89. The van der Waals surface area contributed by atoms with Gasteiger partial charge in [-0.05, 0) is 19.9 Å². The van der Waals surface area contributed by atoms with Gasteiger partial charge in [-0.3, -0.25) is 9.59 Å². The Kier molecular flexibility index (Phi) is 6.49. The second-order valence-electron chi connectivity index (χ2n) is 5.24. The summed E-state index contributed by atoms with van der Waals surface area (Å²) in [6.45, 7) is 7.80. The molecule has 23 heavy (non-hydrogen) atoms. The van der Waals surface area contributed by atoms with Crippen LogP contribution >= 0.6 is 0 Å². The van der Waals surface area contributed by atoms with Crippen molar-refractivity contribution in [1.82, 2.24) is 20.2 Å². The molecule has 1 rings (SSSR count). The van der Waals surface area contributed by atoms with Crippen LogP contribution in [0.15, 0.2) is 18.7 Å². The minimum Gasteiger partial charge on any atom is -0.384 e. The van der Waals surface area contributed by atoms with E-state index in [9.17, 15) is 9.59 Å². The summed E-state index contributed by atoms with van der Waals surface area (Å²) in [7, 11) is 3.41. The van der Waals surface area contributed by atoms with E-state index in [1.807, 2.05) is 11.9 Å². The van der Waals surface area contributed by atoms with Crippen LogP contribution in [0.3, 0.4) is 0 Å². The van der Waals surface area contributed by atoms with Gasteiger partial charge in [0.25, 0.3) is 0 Å².